The molecule has 0 bridgehead atoms. The van der Waals surface area contributed by atoms with Gasteiger partial charge < -0.3 is 15.0 Å². The summed E-state index contributed by atoms with van der Waals surface area (Å²) in [4.78, 5) is 45.1. The molecule has 1 aliphatic carbocycles. The van der Waals surface area contributed by atoms with Crippen LogP contribution in [0.15, 0.2) is 54.7 Å². The Balaban J connectivity index is 2.02. The summed E-state index contributed by atoms with van der Waals surface area (Å²) in [5.41, 5.74) is 0.981. The number of pyridine rings is 1. The summed E-state index contributed by atoms with van der Waals surface area (Å²) in [6.07, 6.45) is 6.36. The topological polar surface area (TPSA) is 88.6 Å². The lowest BCUT2D eigenvalue weighted by Crippen LogP contribution is -2.52. The van der Waals surface area contributed by atoms with Crippen molar-refractivity contribution in [2.24, 2.45) is 0 Å². The zero-order chi connectivity index (χ0) is 22.2. The van der Waals surface area contributed by atoms with E-state index >= 15 is 0 Å². The Bertz CT molecular complexity index is 882. The molecular weight excluding hydrogens is 394 g/mol. The highest BCUT2D eigenvalue weighted by Crippen LogP contribution is 2.31. The number of carbonyl (C=O) groups excluding carboxylic acids is 3. The maximum atomic E-state index is 13.7. The molecule has 2 atom stereocenters. The molecule has 0 aliphatic heterocycles. The Morgan fingerprint density at radius 2 is 1.71 bits per heavy atom. The zero-order valence-corrected chi connectivity index (χ0v) is 18.0. The molecule has 164 valence electrons. The number of nitrogens with one attached hydrogen (secondary N) is 1. The summed E-state index contributed by atoms with van der Waals surface area (Å²) in [5, 5.41) is 2.71. The Labute approximate surface area is 182 Å². The van der Waals surface area contributed by atoms with E-state index in [1.165, 1.54) is 7.11 Å². The van der Waals surface area contributed by atoms with Gasteiger partial charge in [0.2, 0.25) is 5.91 Å². The molecule has 0 spiro atoms. The molecule has 3 rings (SSSR count). The van der Waals surface area contributed by atoms with Gasteiger partial charge in [0.1, 0.15) is 6.04 Å². The predicted octanol–water partition coefficient (Wildman–Crippen LogP) is 3.28. The molecule has 1 aliphatic rings. The molecule has 1 aromatic heterocycles. The first-order chi connectivity index (χ1) is 15.0. The van der Waals surface area contributed by atoms with Gasteiger partial charge in [-0.1, -0.05) is 43.5 Å². The molecular formula is C24H29N3O4. The molecule has 1 N–H and O–H groups in total. The standard InChI is InChI=1S/C24H29N3O4/c1-17(24(30)31-2)26-22(28)21(20-15-9-10-16-25-20)27(19-13-7-4-8-14-19)23(29)18-11-5-3-6-12-18/h3,5-6,9-12,15-17,19,21H,4,7-8,13-14H2,1-2H3,(H,26,28). The molecule has 31 heavy (non-hydrogen) atoms. The van der Waals surface area contributed by atoms with Gasteiger partial charge in [0, 0.05) is 17.8 Å². The molecule has 7 heteroatoms. The van der Waals surface area contributed by atoms with Gasteiger partial charge in [-0.15, -0.1) is 0 Å². The largest absolute Gasteiger partial charge is 0.467 e. The highest BCUT2D eigenvalue weighted by atomic mass is 16.5. The summed E-state index contributed by atoms with van der Waals surface area (Å²) >= 11 is 0. The third-order valence-corrected chi connectivity index (χ3v) is 5.63. The van der Waals surface area contributed by atoms with E-state index in [1.54, 1.807) is 48.4 Å². The summed E-state index contributed by atoms with van der Waals surface area (Å²) < 4.78 is 4.74. The molecule has 0 radical (unpaired) electrons. The van der Waals surface area contributed by atoms with E-state index in [0.717, 1.165) is 32.1 Å². The number of rotatable bonds is 7. The van der Waals surface area contributed by atoms with Crippen LogP contribution in [0.1, 0.15) is 61.1 Å². The number of methoxy groups -OCH3 is 1. The van der Waals surface area contributed by atoms with Gasteiger partial charge in [-0.2, -0.15) is 0 Å². The first kappa shape index (κ1) is 22.5. The number of amides is 2. The Hall–Kier alpha value is -3.22. The maximum absolute atomic E-state index is 13.7. The van der Waals surface area contributed by atoms with Crippen molar-refractivity contribution in [1.29, 1.82) is 0 Å². The number of aromatic nitrogens is 1. The number of hydrogen-bond donors (Lipinski definition) is 1. The van der Waals surface area contributed by atoms with E-state index in [9.17, 15) is 14.4 Å². The van der Waals surface area contributed by atoms with Crippen LogP contribution in [-0.4, -0.2) is 46.9 Å². The highest BCUT2D eigenvalue weighted by molar-refractivity contribution is 5.98. The first-order valence-electron chi connectivity index (χ1n) is 10.7. The average Bonchev–Trinajstić information content (AvgIpc) is 2.83. The van der Waals surface area contributed by atoms with Gasteiger partial charge in [0.15, 0.2) is 6.04 Å². The third kappa shape index (κ3) is 5.48. The molecule has 2 amide bonds. The van der Waals surface area contributed by atoms with E-state index in [0.29, 0.717) is 11.3 Å². The number of esters is 1. The van der Waals surface area contributed by atoms with Crippen molar-refractivity contribution in [3.05, 3.63) is 66.0 Å². The normalized spacial score (nSPS) is 16.1. The molecule has 1 saturated carbocycles. The van der Waals surface area contributed by atoms with E-state index in [1.807, 2.05) is 18.2 Å². The second kappa shape index (κ2) is 10.7. The Kier molecular flexibility index (Phi) is 7.76. The van der Waals surface area contributed by atoms with Crippen LogP contribution in [0.3, 0.4) is 0 Å². The van der Waals surface area contributed by atoms with Gasteiger partial charge in [-0.25, -0.2) is 4.79 Å². The summed E-state index contributed by atoms with van der Waals surface area (Å²) in [7, 11) is 1.27. The smallest absolute Gasteiger partial charge is 0.328 e. The number of ether oxygens (including phenoxy) is 1. The van der Waals surface area contributed by atoms with E-state index in [-0.39, 0.29) is 11.9 Å². The first-order valence-corrected chi connectivity index (χ1v) is 10.7. The third-order valence-electron chi connectivity index (χ3n) is 5.63. The fourth-order valence-electron chi connectivity index (χ4n) is 4.05. The minimum absolute atomic E-state index is 0.0901. The van der Waals surface area contributed by atoms with Crippen molar-refractivity contribution < 1.29 is 19.1 Å². The van der Waals surface area contributed by atoms with Crippen molar-refractivity contribution >= 4 is 17.8 Å². The van der Waals surface area contributed by atoms with Gasteiger partial charge in [-0.3, -0.25) is 14.6 Å². The summed E-state index contributed by atoms with van der Waals surface area (Å²) in [6, 6.07) is 12.4. The Morgan fingerprint density at radius 3 is 2.32 bits per heavy atom. The van der Waals surface area contributed by atoms with Crippen LogP contribution in [0.2, 0.25) is 0 Å². The number of hydrogen-bond acceptors (Lipinski definition) is 5. The van der Waals surface area contributed by atoms with Gasteiger partial charge >= 0.3 is 5.97 Å². The Morgan fingerprint density at radius 1 is 1.03 bits per heavy atom. The number of carbonyl (C=O) groups is 3. The SMILES string of the molecule is COC(=O)C(C)NC(=O)C(c1ccccn1)N(C(=O)c1ccccc1)C1CCCCC1. The molecule has 1 fully saturated rings. The van der Waals surface area contributed by atoms with E-state index < -0.39 is 24.0 Å². The van der Waals surface area contributed by atoms with Crippen molar-refractivity contribution in [2.45, 2.75) is 57.2 Å². The van der Waals surface area contributed by atoms with Crippen LogP contribution in [-0.2, 0) is 14.3 Å². The van der Waals surface area contributed by atoms with Crippen LogP contribution < -0.4 is 5.32 Å². The molecule has 2 aromatic rings. The molecule has 1 aromatic carbocycles. The van der Waals surface area contributed by atoms with Crippen molar-refractivity contribution in [1.82, 2.24) is 15.2 Å². The van der Waals surface area contributed by atoms with E-state index in [4.69, 9.17) is 4.74 Å². The zero-order valence-electron chi connectivity index (χ0n) is 18.0. The predicted molar refractivity (Wildman–Crippen MR) is 116 cm³/mol. The monoisotopic (exact) mass is 423 g/mol. The fourth-order valence-corrected chi connectivity index (χ4v) is 4.05. The maximum Gasteiger partial charge on any atom is 0.328 e. The van der Waals surface area contributed by atoms with Crippen molar-refractivity contribution in [2.75, 3.05) is 7.11 Å². The second-order valence-corrected chi connectivity index (χ2v) is 7.78. The summed E-state index contributed by atoms with van der Waals surface area (Å²) in [6.45, 7) is 1.56. The van der Waals surface area contributed by atoms with Crippen LogP contribution in [0.25, 0.3) is 0 Å². The average molecular weight is 424 g/mol. The second-order valence-electron chi connectivity index (χ2n) is 7.78. The fraction of sp³-hybridized carbons (Fsp3) is 0.417. The van der Waals surface area contributed by atoms with Crippen LogP contribution in [0.4, 0.5) is 0 Å². The van der Waals surface area contributed by atoms with Crippen molar-refractivity contribution in [3.63, 3.8) is 0 Å². The molecule has 1 heterocycles. The molecule has 0 saturated heterocycles. The van der Waals surface area contributed by atoms with Crippen LogP contribution in [0, 0.1) is 0 Å². The summed E-state index contributed by atoms with van der Waals surface area (Å²) in [5.74, 6) is -1.22. The minimum atomic E-state index is -0.955. The number of benzene rings is 1. The lowest BCUT2D eigenvalue weighted by Gasteiger charge is -2.39. The lowest BCUT2D eigenvalue weighted by molar-refractivity contribution is -0.145. The lowest BCUT2D eigenvalue weighted by atomic mass is 9.91. The molecule has 7 nitrogen and oxygen atoms in total. The van der Waals surface area contributed by atoms with Gasteiger partial charge in [0.05, 0.1) is 12.8 Å². The minimum Gasteiger partial charge on any atom is -0.467 e. The van der Waals surface area contributed by atoms with Gasteiger partial charge in [0.25, 0.3) is 5.91 Å². The van der Waals surface area contributed by atoms with Crippen LogP contribution >= 0.6 is 0 Å². The number of nitrogens with zero attached hydrogens (tertiary/aromatic N) is 2. The van der Waals surface area contributed by atoms with Gasteiger partial charge in [-0.05, 0) is 44.0 Å². The van der Waals surface area contributed by atoms with Crippen LogP contribution in [0.5, 0.6) is 0 Å². The quantitative estimate of drug-likeness (QED) is 0.691. The highest BCUT2D eigenvalue weighted by Gasteiger charge is 2.39. The van der Waals surface area contributed by atoms with E-state index in [2.05, 4.69) is 10.3 Å². The molecule has 2 unspecified atom stereocenters. The van der Waals surface area contributed by atoms with Crippen molar-refractivity contribution in [3.8, 4) is 0 Å².